The van der Waals surface area contributed by atoms with Crippen molar-refractivity contribution in [1.82, 2.24) is 0 Å². The summed E-state index contributed by atoms with van der Waals surface area (Å²) in [6.07, 6.45) is 5.48. The van der Waals surface area contributed by atoms with Crippen LogP contribution in [0.4, 0.5) is 17.1 Å². The standard InChI is InChI=1S/C24H26N4O3/c1-3-20(15-26-4-2)31-16-18-13-14-28(24(18)30)19-11-9-17(10-12-19)23(29)27-22-8-6-5-7-21(22)25/h3-12,15,18H,2,13-14,16,25H2,1H3,(H,27,29)/b20-3+,26-15?. The van der Waals surface area contributed by atoms with E-state index in [-0.39, 0.29) is 24.3 Å². The maximum Gasteiger partial charge on any atom is 0.255 e. The summed E-state index contributed by atoms with van der Waals surface area (Å²) in [5.41, 5.74) is 8.17. The molecule has 0 bridgehead atoms. The van der Waals surface area contributed by atoms with E-state index in [4.69, 9.17) is 10.5 Å². The number of amides is 2. The normalized spacial score (nSPS) is 16.5. The van der Waals surface area contributed by atoms with Crippen molar-refractivity contribution in [2.75, 3.05) is 29.1 Å². The van der Waals surface area contributed by atoms with Gasteiger partial charge in [-0.2, -0.15) is 0 Å². The summed E-state index contributed by atoms with van der Waals surface area (Å²) in [6.45, 7) is 6.26. The first-order valence-corrected chi connectivity index (χ1v) is 10.0. The highest BCUT2D eigenvalue weighted by molar-refractivity contribution is 6.06. The molecule has 2 amide bonds. The van der Waals surface area contributed by atoms with Gasteiger partial charge in [0.15, 0.2) is 0 Å². The fourth-order valence-electron chi connectivity index (χ4n) is 3.27. The van der Waals surface area contributed by atoms with Crippen LogP contribution in [-0.2, 0) is 9.53 Å². The Morgan fingerprint density at radius 2 is 2.03 bits per heavy atom. The summed E-state index contributed by atoms with van der Waals surface area (Å²) in [6, 6.07) is 14.0. The molecule has 1 unspecified atom stereocenters. The molecule has 0 saturated carbocycles. The maximum absolute atomic E-state index is 12.8. The van der Waals surface area contributed by atoms with Crippen LogP contribution in [0.2, 0.25) is 0 Å². The van der Waals surface area contributed by atoms with Crippen molar-refractivity contribution in [2.24, 2.45) is 10.9 Å². The minimum Gasteiger partial charge on any atom is -0.491 e. The second-order valence-corrected chi connectivity index (χ2v) is 7.03. The average Bonchev–Trinajstić information content (AvgIpc) is 3.16. The van der Waals surface area contributed by atoms with Gasteiger partial charge in [-0.3, -0.25) is 14.6 Å². The van der Waals surface area contributed by atoms with Crippen molar-refractivity contribution >= 4 is 35.1 Å². The summed E-state index contributed by atoms with van der Waals surface area (Å²) in [5.74, 6) is 0.116. The van der Waals surface area contributed by atoms with E-state index in [0.717, 1.165) is 5.69 Å². The van der Waals surface area contributed by atoms with E-state index in [1.165, 1.54) is 6.20 Å². The van der Waals surface area contributed by atoms with Gasteiger partial charge in [-0.1, -0.05) is 18.7 Å². The number of ether oxygens (including phenoxy) is 1. The molecule has 0 spiro atoms. The summed E-state index contributed by atoms with van der Waals surface area (Å²) >= 11 is 0. The van der Waals surface area contributed by atoms with Crippen LogP contribution in [0.15, 0.2) is 78.1 Å². The van der Waals surface area contributed by atoms with Crippen molar-refractivity contribution in [1.29, 1.82) is 0 Å². The van der Waals surface area contributed by atoms with Gasteiger partial charge in [0.25, 0.3) is 5.91 Å². The molecule has 0 radical (unpaired) electrons. The Morgan fingerprint density at radius 1 is 1.29 bits per heavy atom. The second-order valence-electron chi connectivity index (χ2n) is 7.03. The van der Waals surface area contributed by atoms with E-state index in [9.17, 15) is 9.59 Å². The van der Waals surface area contributed by atoms with Crippen molar-refractivity contribution in [3.63, 3.8) is 0 Å². The smallest absolute Gasteiger partial charge is 0.255 e. The Labute approximate surface area is 181 Å². The highest BCUT2D eigenvalue weighted by Crippen LogP contribution is 2.26. The highest BCUT2D eigenvalue weighted by atomic mass is 16.5. The molecule has 7 heteroatoms. The molecular weight excluding hydrogens is 392 g/mol. The third-order valence-electron chi connectivity index (χ3n) is 5.01. The number of anilines is 3. The molecule has 1 fully saturated rings. The van der Waals surface area contributed by atoms with E-state index in [1.807, 2.05) is 6.92 Å². The van der Waals surface area contributed by atoms with Crippen molar-refractivity contribution in [2.45, 2.75) is 13.3 Å². The minimum absolute atomic E-state index is 0.00498. The lowest BCUT2D eigenvalue weighted by Gasteiger charge is -2.17. The summed E-state index contributed by atoms with van der Waals surface area (Å²) in [7, 11) is 0. The fraction of sp³-hybridized carbons (Fsp3) is 0.208. The molecule has 1 saturated heterocycles. The summed E-state index contributed by atoms with van der Waals surface area (Å²) in [4.78, 5) is 30.9. The van der Waals surface area contributed by atoms with Crippen LogP contribution in [0.3, 0.4) is 0 Å². The first kappa shape index (κ1) is 21.8. The van der Waals surface area contributed by atoms with Crippen LogP contribution >= 0.6 is 0 Å². The molecule has 3 rings (SSSR count). The number of nitrogens with zero attached hydrogens (tertiary/aromatic N) is 2. The molecule has 1 atom stereocenters. The van der Waals surface area contributed by atoms with Gasteiger partial charge in [0, 0.05) is 24.0 Å². The van der Waals surface area contributed by atoms with Gasteiger partial charge in [-0.15, -0.1) is 0 Å². The molecule has 31 heavy (non-hydrogen) atoms. The Morgan fingerprint density at radius 3 is 2.71 bits per heavy atom. The van der Waals surface area contributed by atoms with Gasteiger partial charge in [0.05, 0.1) is 30.1 Å². The third-order valence-corrected chi connectivity index (χ3v) is 5.01. The van der Waals surface area contributed by atoms with E-state index in [2.05, 4.69) is 16.9 Å². The van der Waals surface area contributed by atoms with Crippen LogP contribution in [0.1, 0.15) is 23.7 Å². The van der Waals surface area contributed by atoms with E-state index in [1.54, 1.807) is 65.7 Å². The lowest BCUT2D eigenvalue weighted by atomic mass is 10.1. The zero-order valence-corrected chi connectivity index (χ0v) is 17.5. The molecule has 3 N–H and O–H groups in total. The number of rotatable bonds is 8. The molecule has 1 heterocycles. The molecular formula is C24H26N4O3. The number of hydrogen-bond acceptors (Lipinski definition) is 5. The molecule has 160 valence electrons. The lowest BCUT2D eigenvalue weighted by molar-refractivity contribution is -0.121. The van der Waals surface area contributed by atoms with Crippen molar-refractivity contribution in [3.8, 4) is 0 Å². The number of carbonyl (C=O) groups is 2. The molecule has 7 nitrogen and oxygen atoms in total. The van der Waals surface area contributed by atoms with Crippen LogP contribution in [0.5, 0.6) is 0 Å². The molecule has 0 aliphatic carbocycles. The number of aliphatic imine (C=N–C) groups is 1. The van der Waals surface area contributed by atoms with Gasteiger partial charge in [-0.25, -0.2) is 0 Å². The predicted octanol–water partition coefficient (Wildman–Crippen LogP) is 4.01. The van der Waals surface area contributed by atoms with Gasteiger partial charge >= 0.3 is 0 Å². The number of nitrogens with one attached hydrogen (secondary N) is 1. The second kappa shape index (κ2) is 10.2. The summed E-state index contributed by atoms with van der Waals surface area (Å²) < 4.78 is 5.70. The van der Waals surface area contributed by atoms with Crippen LogP contribution in [0.25, 0.3) is 0 Å². The number of benzene rings is 2. The molecule has 0 aromatic heterocycles. The highest BCUT2D eigenvalue weighted by Gasteiger charge is 2.33. The van der Waals surface area contributed by atoms with Crippen molar-refractivity contribution < 1.29 is 14.3 Å². The Hall–Kier alpha value is -3.87. The van der Waals surface area contributed by atoms with Crippen LogP contribution in [-0.4, -0.2) is 31.2 Å². The largest absolute Gasteiger partial charge is 0.491 e. The van der Waals surface area contributed by atoms with E-state index in [0.29, 0.717) is 35.7 Å². The molecule has 2 aromatic carbocycles. The third kappa shape index (κ3) is 5.39. The monoisotopic (exact) mass is 418 g/mol. The first-order valence-electron chi connectivity index (χ1n) is 10.0. The number of nitrogen functional groups attached to an aromatic ring is 1. The van der Waals surface area contributed by atoms with Gasteiger partial charge < -0.3 is 20.7 Å². The number of hydrogen-bond donors (Lipinski definition) is 2. The van der Waals surface area contributed by atoms with Crippen LogP contribution < -0.4 is 16.0 Å². The lowest BCUT2D eigenvalue weighted by Crippen LogP contribution is -2.28. The maximum atomic E-state index is 12.8. The molecule has 2 aromatic rings. The number of para-hydroxylation sites is 2. The number of nitrogens with two attached hydrogens (primary N) is 1. The minimum atomic E-state index is -0.261. The summed E-state index contributed by atoms with van der Waals surface area (Å²) in [5, 5.41) is 2.80. The number of allylic oxidation sites excluding steroid dienone is 2. The zero-order chi connectivity index (χ0) is 22.2. The fourth-order valence-corrected chi connectivity index (χ4v) is 3.27. The molecule has 1 aliphatic heterocycles. The molecule has 1 aliphatic rings. The van der Waals surface area contributed by atoms with E-state index >= 15 is 0 Å². The van der Waals surface area contributed by atoms with E-state index < -0.39 is 0 Å². The predicted molar refractivity (Wildman–Crippen MR) is 124 cm³/mol. The zero-order valence-electron chi connectivity index (χ0n) is 17.5. The Kier molecular flexibility index (Phi) is 7.22. The Balaban J connectivity index is 1.60. The van der Waals surface area contributed by atoms with Gasteiger partial charge in [-0.05, 0) is 55.8 Å². The van der Waals surface area contributed by atoms with Gasteiger partial charge in [0.2, 0.25) is 5.91 Å². The Bertz CT molecular complexity index is 1010. The first-order chi connectivity index (χ1) is 15.0. The average molecular weight is 418 g/mol. The SMILES string of the molecule is C=CN=C/C(=C\C)OCC1CCN(c2ccc(C(=O)Nc3ccccc3N)cc2)C1=O. The quantitative estimate of drug-likeness (QED) is 0.385. The van der Waals surface area contributed by atoms with Crippen LogP contribution in [0, 0.1) is 5.92 Å². The number of carbonyl (C=O) groups excluding carboxylic acids is 2. The topological polar surface area (TPSA) is 97.0 Å². The van der Waals surface area contributed by atoms with Gasteiger partial charge in [0.1, 0.15) is 5.76 Å². The van der Waals surface area contributed by atoms with Crippen molar-refractivity contribution in [3.05, 3.63) is 78.7 Å².